The minimum atomic E-state index is -1.09. The van der Waals surface area contributed by atoms with Crippen LogP contribution in [-0.4, -0.2) is 33.3 Å². The minimum absolute atomic E-state index is 0.300. The van der Waals surface area contributed by atoms with Crippen LogP contribution in [0.15, 0.2) is 16.7 Å². The Kier molecular flexibility index (Phi) is 3.07. The molecule has 0 spiro atoms. The SMILES string of the molecule is O=C(O)CON=Cc1c(Cl)nc2sccn12. The Balaban J connectivity index is 2.16. The highest BCUT2D eigenvalue weighted by atomic mass is 35.5. The summed E-state index contributed by atoms with van der Waals surface area (Å²) in [6.45, 7) is -0.486. The van der Waals surface area contributed by atoms with Gasteiger partial charge in [-0.3, -0.25) is 4.40 Å². The number of oxime groups is 1. The van der Waals surface area contributed by atoms with Crippen molar-refractivity contribution in [3.05, 3.63) is 22.4 Å². The summed E-state index contributed by atoms with van der Waals surface area (Å²) in [7, 11) is 0. The lowest BCUT2D eigenvalue weighted by Crippen LogP contribution is -2.03. The minimum Gasteiger partial charge on any atom is -0.479 e. The fourth-order valence-corrected chi connectivity index (χ4v) is 2.06. The van der Waals surface area contributed by atoms with E-state index in [4.69, 9.17) is 16.7 Å². The Morgan fingerprint density at radius 3 is 3.38 bits per heavy atom. The van der Waals surface area contributed by atoms with E-state index in [2.05, 4.69) is 15.0 Å². The molecule has 0 saturated carbocycles. The first-order valence-electron chi connectivity index (χ1n) is 4.16. The van der Waals surface area contributed by atoms with Crippen LogP contribution in [0, 0.1) is 0 Å². The summed E-state index contributed by atoms with van der Waals surface area (Å²) in [6, 6.07) is 0. The van der Waals surface area contributed by atoms with Crippen molar-refractivity contribution >= 4 is 40.1 Å². The molecule has 8 heteroatoms. The average Bonchev–Trinajstić information content (AvgIpc) is 2.74. The van der Waals surface area contributed by atoms with Crippen LogP contribution in [-0.2, 0) is 9.63 Å². The average molecular weight is 260 g/mol. The van der Waals surface area contributed by atoms with Gasteiger partial charge in [0.15, 0.2) is 10.1 Å². The van der Waals surface area contributed by atoms with E-state index in [0.717, 1.165) is 4.96 Å². The number of rotatable bonds is 4. The molecule has 2 aromatic heterocycles. The lowest BCUT2D eigenvalue weighted by Gasteiger charge is -1.93. The van der Waals surface area contributed by atoms with Gasteiger partial charge in [-0.05, 0) is 0 Å². The van der Waals surface area contributed by atoms with Crippen LogP contribution in [0.25, 0.3) is 4.96 Å². The Morgan fingerprint density at radius 2 is 2.62 bits per heavy atom. The van der Waals surface area contributed by atoms with Gasteiger partial charge in [-0.25, -0.2) is 9.78 Å². The van der Waals surface area contributed by atoms with E-state index in [-0.39, 0.29) is 0 Å². The van der Waals surface area contributed by atoms with Gasteiger partial charge in [-0.15, -0.1) is 11.3 Å². The van der Waals surface area contributed by atoms with Crippen LogP contribution in [0.2, 0.25) is 5.15 Å². The van der Waals surface area contributed by atoms with Crippen molar-refractivity contribution in [1.29, 1.82) is 0 Å². The lowest BCUT2D eigenvalue weighted by atomic mass is 10.5. The third-order valence-electron chi connectivity index (χ3n) is 1.69. The number of carboxylic acids is 1. The summed E-state index contributed by atoms with van der Waals surface area (Å²) in [5.74, 6) is -1.09. The van der Waals surface area contributed by atoms with Gasteiger partial charge in [0.2, 0.25) is 6.61 Å². The summed E-state index contributed by atoms with van der Waals surface area (Å²) in [4.78, 5) is 19.5. The Bertz CT molecular complexity index is 548. The first kappa shape index (κ1) is 10.9. The molecular weight excluding hydrogens is 254 g/mol. The monoisotopic (exact) mass is 259 g/mol. The number of carboxylic acid groups (broad SMARTS) is 1. The van der Waals surface area contributed by atoms with Gasteiger partial charge in [0, 0.05) is 11.6 Å². The molecule has 2 rings (SSSR count). The number of nitrogens with zero attached hydrogens (tertiary/aromatic N) is 3. The number of hydrogen-bond donors (Lipinski definition) is 1. The highest BCUT2D eigenvalue weighted by Crippen LogP contribution is 2.19. The number of imidazole rings is 1. The molecule has 6 nitrogen and oxygen atoms in total. The highest BCUT2D eigenvalue weighted by Gasteiger charge is 2.08. The van der Waals surface area contributed by atoms with Gasteiger partial charge >= 0.3 is 5.97 Å². The number of aromatic nitrogens is 2. The Hall–Kier alpha value is -1.60. The van der Waals surface area contributed by atoms with E-state index in [0.29, 0.717) is 10.8 Å². The number of halogens is 1. The number of fused-ring (bicyclic) bond motifs is 1. The van der Waals surface area contributed by atoms with Crippen molar-refractivity contribution in [2.45, 2.75) is 0 Å². The van der Waals surface area contributed by atoms with Crippen LogP contribution in [0.5, 0.6) is 0 Å². The molecule has 0 aliphatic heterocycles. The largest absolute Gasteiger partial charge is 0.479 e. The zero-order valence-electron chi connectivity index (χ0n) is 7.83. The molecule has 0 atom stereocenters. The fourth-order valence-electron chi connectivity index (χ4n) is 1.07. The highest BCUT2D eigenvalue weighted by molar-refractivity contribution is 7.15. The normalized spacial score (nSPS) is 11.3. The molecule has 0 aromatic carbocycles. The first-order chi connectivity index (χ1) is 7.68. The van der Waals surface area contributed by atoms with E-state index in [1.807, 2.05) is 5.38 Å². The zero-order chi connectivity index (χ0) is 11.5. The molecule has 0 fully saturated rings. The molecule has 0 aliphatic rings. The molecule has 2 aromatic rings. The molecule has 0 saturated heterocycles. The molecule has 0 unspecified atom stereocenters. The van der Waals surface area contributed by atoms with Crippen LogP contribution >= 0.6 is 22.9 Å². The van der Waals surface area contributed by atoms with Gasteiger partial charge in [-0.2, -0.15) is 0 Å². The summed E-state index contributed by atoms with van der Waals surface area (Å²) < 4.78 is 1.74. The maximum Gasteiger partial charge on any atom is 0.344 e. The van der Waals surface area contributed by atoms with Crippen molar-refractivity contribution in [2.75, 3.05) is 6.61 Å². The van der Waals surface area contributed by atoms with E-state index in [1.54, 1.807) is 10.6 Å². The molecular formula is C8H6ClN3O3S. The van der Waals surface area contributed by atoms with Crippen molar-refractivity contribution in [3.8, 4) is 0 Å². The lowest BCUT2D eigenvalue weighted by molar-refractivity contribution is -0.142. The van der Waals surface area contributed by atoms with Gasteiger partial charge in [-0.1, -0.05) is 16.8 Å². The Morgan fingerprint density at radius 1 is 1.81 bits per heavy atom. The summed E-state index contributed by atoms with van der Waals surface area (Å²) in [5.41, 5.74) is 0.559. The molecule has 0 aliphatic carbocycles. The van der Waals surface area contributed by atoms with Crippen LogP contribution in [0.3, 0.4) is 0 Å². The van der Waals surface area contributed by atoms with Gasteiger partial charge in [0.05, 0.1) is 6.21 Å². The number of thiazole rings is 1. The number of carbonyl (C=O) groups is 1. The third kappa shape index (κ3) is 2.15. The zero-order valence-corrected chi connectivity index (χ0v) is 9.40. The predicted molar refractivity (Wildman–Crippen MR) is 59.3 cm³/mol. The van der Waals surface area contributed by atoms with Crippen molar-refractivity contribution in [2.24, 2.45) is 5.16 Å². The topological polar surface area (TPSA) is 76.2 Å². The first-order valence-corrected chi connectivity index (χ1v) is 5.42. The smallest absolute Gasteiger partial charge is 0.344 e. The van der Waals surface area contributed by atoms with Crippen LogP contribution < -0.4 is 0 Å². The third-order valence-corrected chi connectivity index (χ3v) is 2.73. The summed E-state index contributed by atoms with van der Waals surface area (Å²) >= 11 is 7.30. The van der Waals surface area contributed by atoms with Crippen LogP contribution in [0.1, 0.15) is 5.69 Å². The molecule has 1 N–H and O–H groups in total. The predicted octanol–water partition coefficient (Wildman–Crippen LogP) is 1.48. The molecule has 0 radical (unpaired) electrons. The fraction of sp³-hybridized carbons (Fsp3) is 0.125. The van der Waals surface area contributed by atoms with E-state index < -0.39 is 12.6 Å². The van der Waals surface area contributed by atoms with Crippen molar-refractivity contribution in [3.63, 3.8) is 0 Å². The van der Waals surface area contributed by atoms with E-state index in [9.17, 15) is 4.79 Å². The second-order valence-corrected chi connectivity index (χ2v) is 3.98. The second kappa shape index (κ2) is 4.50. The van der Waals surface area contributed by atoms with Crippen LogP contribution in [0.4, 0.5) is 0 Å². The van der Waals surface area contributed by atoms with E-state index >= 15 is 0 Å². The molecule has 0 bridgehead atoms. The number of hydrogen-bond acceptors (Lipinski definition) is 5. The molecule has 0 amide bonds. The summed E-state index contributed by atoms with van der Waals surface area (Å²) in [5, 5.41) is 14.0. The maximum atomic E-state index is 10.2. The van der Waals surface area contributed by atoms with Crippen molar-refractivity contribution in [1.82, 2.24) is 9.38 Å². The molecule has 84 valence electrons. The van der Waals surface area contributed by atoms with Gasteiger partial charge in [0.1, 0.15) is 5.69 Å². The quantitative estimate of drug-likeness (QED) is 0.667. The summed E-state index contributed by atoms with van der Waals surface area (Å²) in [6.07, 6.45) is 3.12. The van der Waals surface area contributed by atoms with Crippen molar-refractivity contribution < 1.29 is 14.7 Å². The molecule has 16 heavy (non-hydrogen) atoms. The van der Waals surface area contributed by atoms with Gasteiger partial charge in [0.25, 0.3) is 0 Å². The second-order valence-electron chi connectivity index (χ2n) is 2.75. The van der Waals surface area contributed by atoms with E-state index in [1.165, 1.54) is 17.6 Å². The molecule has 2 heterocycles. The maximum absolute atomic E-state index is 10.2. The Labute approximate surface area is 98.7 Å². The number of aliphatic carboxylic acids is 1. The standard InChI is InChI=1S/C8H6ClN3O3S/c9-7-5(3-10-15-4-6(13)14)12-1-2-16-8(12)11-7/h1-3H,4H2,(H,13,14). The van der Waals surface area contributed by atoms with Gasteiger partial charge < -0.3 is 9.94 Å².